The van der Waals surface area contributed by atoms with Gasteiger partial charge in [-0.15, -0.1) is 0 Å². The first-order valence-electron chi connectivity index (χ1n) is 7.38. The largest absolute Gasteiger partial charge is 0.484 e. The zero-order chi connectivity index (χ0) is 15.6. The maximum atomic E-state index is 5.73. The molecular formula is C18H15N3O2. The summed E-state index contributed by atoms with van der Waals surface area (Å²) in [6, 6.07) is 17.4. The minimum absolute atomic E-state index is 0.301. The molecule has 0 unspecified atom stereocenters. The van der Waals surface area contributed by atoms with Gasteiger partial charge in [-0.3, -0.25) is 0 Å². The van der Waals surface area contributed by atoms with Crippen molar-refractivity contribution >= 4 is 11.1 Å². The van der Waals surface area contributed by atoms with Crippen LogP contribution >= 0.6 is 0 Å². The SMILES string of the molecule is Cc1ccn(-c2ccc(OCc3nc4ccccc4o3)cc2)n1. The van der Waals surface area contributed by atoms with Gasteiger partial charge in [0.2, 0.25) is 5.89 Å². The van der Waals surface area contributed by atoms with E-state index in [0.717, 1.165) is 28.2 Å². The highest BCUT2D eigenvalue weighted by molar-refractivity contribution is 5.72. The lowest BCUT2D eigenvalue weighted by atomic mass is 10.3. The summed E-state index contributed by atoms with van der Waals surface area (Å²) in [5, 5.41) is 4.38. The third-order valence-corrected chi connectivity index (χ3v) is 3.52. The third kappa shape index (κ3) is 2.81. The van der Waals surface area contributed by atoms with E-state index in [9.17, 15) is 0 Å². The van der Waals surface area contributed by atoms with E-state index in [0.29, 0.717) is 12.5 Å². The molecule has 114 valence electrons. The molecule has 4 aromatic rings. The predicted octanol–water partition coefficient (Wildman–Crippen LogP) is 3.90. The van der Waals surface area contributed by atoms with Crippen molar-refractivity contribution in [3.8, 4) is 11.4 Å². The lowest BCUT2D eigenvalue weighted by molar-refractivity contribution is 0.267. The first-order valence-corrected chi connectivity index (χ1v) is 7.38. The van der Waals surface area contributed by atoms with E-state index in [2.05, 4.69) is 10.1 Å². The number of oxazole rings is 1. The second-order valence-corrected chi connectivity index (χ2v) is 5.26. The van der Waals surface area contributed by atoms with Crippen LogP contribution in [0.15, 0.2) is 65.2 Å². The molecule has 5 nitrogen and oxygen atoms in total. The number of hydrogen-bond donors (Lipinski definition) is 0. The average molecular weight is 305 g/mol. The van der Waals surface area contributed by atoms with Crippen LogP contribution < -0.4 is 4.74 Å². The van der Waals surface area contributed by atoms with Crippen LogP contribution in [-0.4, -0.2) is 14.8 Å². The third-order valence-electron chi connectivity index (χ3n) is 3.52. The summed E-state index contributed by atoms with van der Waals surface area (Å²) in [5.74, 6) is 1.33. The lowest BCUT2D eigenvalue weighted by Gasteiger charge is -2.05. The number of fused-ring (bicyclic) bond motifs is 1. The van der Waals surface area contributed by atoms with E-state index < -0.39 is 0 Å². The highest BCUT2D eigenvalue weighted by Crippen LogP contribution is 2.19. The Labute approximate surface area is 133 Å². The van der Waals surface area contributed by atoms with Gasteiger partial charge in [0.15, 0.2) is 12.2 Å². The highest BCUT2D eigenvalue weighted by atomic mass is 16.5. The van der Waals surface area contributed by atoms with Crippen LogP contribution in [0.4, 0.5) is 0 Å². The smallest absolute Gasteiger partial charge is 0.233 e. The molecule has 0 radical (unpaired) electrons. The highest BCUT2D eigenvalue weighted by Gasteiger charge is 2.06. The molecule has 2 aromatic carbocycles. The van der Waals surface area contributed by atoms with E-state index in [1.165, 1.54) is 0 Å². The Hall–Kier alpha value is -3.08. The summed E-state index contributed by atoms with van der Waals surface area (Å²) in [5.41, 5.74) is 3.60. The molecule has 0 aliphatic heterocycles. The van der Waals surface area contributed by atoms with Crippen LogP contribution in [0.25, 0.3) is 16.8 Å². The van der Waals surface area contributed by atoms with Crippen LogP contribution in [-0.2, 0) is 6.61 Å². The molecule has 0 saturated carbocycles. The maximum Gasteiger partial charge on any atom is 0.233 e. The van der Waals surface area contributed by atoms with Crippen molar-refractivity contribution < 1.29 is 9.15 Å². The minimum atomic E-state index is 0.301. The fraction of sp³-hybridized carbons (Fsp3) is 0.111. The average Bonchev–Trinajstić information content (AvgIpc) is 3.19. The summed E-state index contributed by atoms with van der Waals surface area (Å²) in [6.45, 7) is 2.27. The summed E-state index contributed by atoms with van der Waals surface area (Å²) >= 11 is 0. The van der Waals surface area contributed by atoms with Gasteiger partial charge in [0.05, 0.1) is 11.4 Å². The van der Waals surface area contributed by atoms with Gasteiger partial charge in [0.1, 0.15) is 11.3 Å². The molecule has 23 heavy (non-hydrogen) atoms. The number of nitrogens with zero attached hydrogens (tertiary/aromatic N) is 3. The van der Waals surface area contributed by atoms with Crippen LogP contribution in [0.2, 0.25) is 0 Å². The molecule has 5 heteroatoms. The number of para-hydroxylation sites is 2. The van der Waals surface area contributed by atoms with E-state index in [4.69, 9.17) is 9.15 Å². The molecule has 0 saturated heterocycles. The molecule has 0 amide bonds. The van der Waals surface area contributed by atoms with E-state index in [-0.39, 0.29) is 0 Å². The molecule has 0 spiro atoms. The molecule has 2 heterocycles. The standard InChI is InChI=1S/C18H15N3O2/c1-13-10-11-21(20-13)14-6-8-15(9-7-14)22-12-18-19-16-4-2-3-5-17(16)23-18/h2-11H,12H2,1H3. The van der Waals surface area contributed by atoms with Crippen molar-refractivity contribution in [3.63, 3.8) is 0 Å². The van der Waals surface area contributed by atoms with Crippen molar-refractivity contribution in [1.29, 1.82) is 0 Å². The van der Waals surface area contributed by atoms with Gasteiger partial charge in [-0.25, -0.2) is 9.67 Å². The molecule has 4 rings (SSSR count). The van der Waals surface area contributed by atoms with Crippen molar-refractivity contribution in [3.05, 3.63) is 72.4 Å². The van der Waals surface area contributed by atoms with Crippen LogP contribution in [0.1, 0.15) is 11.6 Å². The second-order valence-electron chi connectivity index (χ2n) is 5.26. The predicted molar refractivity (Wildman–Crippen MR) is 86.6 cm³/mol. The molecule has 2 aromatic heterocycles. The molecule has 0 aliphatic rings. The Morgan fingerprint density at radius 3 is 2.61 bits per heavy atom. The number of aromatic nitrogens is 3. The van der Waals surface area contributed by atoms with E-state index >= 15 is 0 Å². The maximum absolute atomic E-state index is 5.73. The molecule has 0 atom stereocenters. The van der Waals surface area contributed by atoms with Gasteiger partial charge in [-0.2, -0.15) is 5.10 Å². The zero-order valence-corrected chi connectivity index (χ0v) is 12.6. The lowest BCUT2D eigenvalue weighted by Crippen LogP contribution is -1.97. The van der Waals surface area contributed by atoms with Crippen LogP contribution in [0, 0.1) is 6.92 Å². The van der Waals surface area contributed by atoms with Crippen LogP contribution in [0.5, 0.6) is 5.75 Å². The monoisotopic (exact) mass is 305 g/mol. The first-order chi connectivity index (χ1) is 11.3. The molecule has 0 N–H and O–H groups in total. The van der Waals surface area contributed by atoms with Crippen molar-refractivity contribution in [2.45, 2.75) is 13.5 Å². The Kier molecular flexibility index (Phi) is 3.31. The van der Waals surface area contributed by atoms with Crippen LogP contribution in [0.3, 0.4) is 0 Å². The summed E-state index contributed by atoms with van der Waals surface area (Å²) < 4.78 is 13.2. The normalized spacial score (nSPS) is 11.0. The Balaban J connectivity index is 1.46. The van der Waals surface area contributed by atoms with Gasteiger partial charge in [0.25, 0.3) is 0 Å². The second kappa shape index (κ2) is 5.61. The van der Waals surface area contributed by atoms with Crippen molar-refractivity contribution in [1.82, 2.24) is 14.8 Å². The zero-order valence-electron chi connectivity index (χ0n) is 12.6. The van der Waals surface area contributed by atoms with Gasteiger partial charge >= 0.3 is 0 Å². The van der Waals surface area contributed by atoms with Gasteiger partial charge in [-0.1, -0.05) is 12.1 Å². The van der Waals surface area contributed by atoms with Gasteiger partial charge < -0.3 is 9.15 Å². The fourth-order valence-electron chi connectivity index (χ4n) is 2.38. The molecule has 0 fully saturated rings. The van der Waals surface area contributed by atoms with E-state index in [1.807, 2.05) is 72.4 Å². The van der Waals surface area contributed by atoms with E-state index in [1.54, 1.807) is 0 Å². The number of benzene rings is 2. The molecule has 0 bridgehead atoms. The summed E-state index contributed by atoms with van der Waals surface area (Å²) in [7, 11) is 0. The number of ether oxygens (including phenoxy) is 1. The first kappa shape index (κ1) is 13.6. The molecule has 0 aliphatic carbocycles. The topological polar surface area (TPSA) is 53.1 Å². The van der Waals surface area contributed by atoms with Crippen molar-refractivity contribution in [2.75, 3.05) is 0 Å². The Morgan fingerprint density at radius 2 is 1.87 bits per heavy atom. The summed E-state index contributed by atoms with van der Waals surface area (Å²) in [4.78, 5) is 4.39. The van der Waals surface area contributed by atoms with Gasteiger partial charge in [-0.05, 0) is 49.4 Å². The Morgan fingerprint density at radius 1 is 1.04 bits per heavy atom. The molecular weight excluding hydrogens is 290 g/mol. The fourth-order valence-corrected chi connectivity index (χ4v) is 2.38. The number of aryl methyl sites for hydroxylation is 1. The van der Waals surface area contributed by atoms with Crippen molar-refractivity contribution in [2.24, 2.45) is 0 Å². The number of rotatable bonds is 4. The minimum Gasteiger partial charge on any atom is -0.484 e. The quantitative estimate of drug-likeness (QED) is 0.574. The summed E-state index contributed by atoms with van der Waals surface area (Å²) in [6.07, 6.45) is 1.93. The van der Waals surface area contributed by atoms with Gasteiger partial charge in [0, 0.05) is 6.20 Å². The Bertz CT molecular complexity index is 905. The number of hydrogen-bond acceptors (Lipinski definition) is 4.